The molecule has 2 aliphatic rings. The largest absolute Gasteiger partial charge is 0.364 e. The van der Waals surface area contributed by atoms with Gasteiger partial charge in [-0.1, -0.05) is 28.9 Å². The highest BCUT2D eigenvalue weighted by molar-refractivity contribution is 6.30. The van der Waals surface area contributed by atoms with Crippen LogP contribution in [-0.4, -0.2) is 60.7 Å². The molecule has 2 heterocycles. The van der Waals surface area contributed by atoms with Gasteiger partial charge in [0, 0.05) is 62.8 Å². The van der Waals surface area contributed by atoms with Crippen LogP contribution in [0.15, 0.2) is 46.1 Å². The summed E-state index contributed by atoms with van der Waals surface area (Å²) in [6, 6.07) is 10.2. The molecule has 1 aromatic carbocycles. The van der Waals surface area contributed by atoms with Crippen molar-refractivity contribution in [3.05, 3.63) is 52.9 Å². The molecule has 2 aromatic rings. The minimum Gasteiger partial charge on any atom is -0.364 e. The fraction of sp³-hybridized carbons (Fsp3) is 0.500. The van der Waals surface area contributed by atoms with Crippen LogP contribution in [0, 0.1) is 0 Å². The molecule has 0 atom stereocenters. The number of halogens is 1. The maximum atomic E-state index is 6.19. The van der Waals surface area contributed by atoms with Crippen LogP contribution in [-0.2, 0) is 12.0 Å². The number of piperazine rings is 1. The van der Waals surface area contributed by atoms with E-state index in [4.69, 9.17) is 16.1 Å². The second-order valence-corrected chi connectivity index (χ2v) is 7.88. The lowest BCUT2D eigenvalue weighted by Gasteiger charge is -2.36. The molecule has 0 radical (unpaired) electrons. The van der Waals surface area contributed by atoms with Crippen LogP contribution in [0.3, 0.4) is 0 Å². The topological polar surface area (TPSA) is 56.9 Å². The zero-order valence-electron chi connectivity index (χ0n) is 15.7. The Morgan fingerprint density at radius 1 is 1.26 bits per heavy atom. The zero-order chi connectivity index (χ0) is 18.7. The minimum atomic E-state index is 0.204. The van der Waals surface area contributed by atoms with Gasteiger partial charge in [0.15, 0.2) is 5.96 Å². The highest BCUT2D eigenvalue weighted by atomic mass is 35.5. The Balaban J connectivity index is 1.30. The molecule has 2 fully saturated rings. The quantitative estimate of drug-likeness (QED) is 0.631. The van der Waals surface area contributed by atoms with Gasteiger partial charge in [0.25, 0.3) is 0 Å². The number of guanidine groups is 1. The summed E-state index contributed by atoms with van der Waals surface area (Å²) in [4.78, 5) is 9.25. The summed E-state index contributed by atoms with van der Waals surface area (Å²) in [6.07, 6.45) is 4.02. The van der Waals surface area contributed by atoms with Gasteiger partial charge in [-0.05, 0) is 30.5 Å². The Labute approximate surface area is 165 Å². The Morgan fingerprint density at radius 3 is 2.70 bits per heavy atom. The summed E-state index contributed by atoms with van der Waals surface area (Å²) in [6.45, 7) is 5.65. The van der Waals surface area contributed by atoms with Crippen molar-refractivity contribution in [2.45, 2.75) is 24.8 Å². The smallest absolute Gasteiger partial charge is 0.193 e. The van der Waals surface area contributed by atoms with Crippen LogP contribution in [0.5, 0.6) is 0 Å². The van der Waals surface area contributed by atoms with Crippen LogP contribution in [0.4, 0.5) is 0 Å². The molecule has 0 bridgehead atoms. The van der Waals surface area contributed by atoms with Crippen LogP contribution in [0.2, 0.25) is 5.02 Å². The predicted octanol–water partition coefficient (Wildman–Crippen LogP) is 2.75. The maximum Gasteiger partial charge on any atom is 0.193 e. The molecular formula is C20H26ClN5O. The summed E-state index contributed by atoms with van der Waals surface area (Å²) < 4.78 is 4.92. The molecule has 4 rings (SSSR count). The van der Waals surface area contributed by atoms with Crippen molar-refractivity contribution in [2.24, 2.45) is 4.99 Å². The first-order valence-corrected chi connectivity index (χ1v) is 9.90. The van der Waals surface area contributed by atoms with E-state index in [2.05, 4.69) is 37.4 Å². The SMILES string of the molecule is CN=C(NCC1(c2cccc(Cl)c2)CC1)N1CCN(Cc2ccon2)CC1. The van der Waals surface area contributed by atoms with Crippen LogP contribution in [0.25, 0.3) is 0 Å². The predicted molar refractivity (Wildman–Crippen MR) is 107 cm³/mol. The lowest BCUT2D eigenvalue weighted by Crippen LogP contribution is -2.53. The van der Waals surface area contributed by atoms with Gasteiger partial charge in [-0.15, -0.1) is 0 Å². The third-order valence-electron chi connectivity index (χ3n) is 5.64. The van der Waals surface area contributed by atoms with Gasteiger partial charge in [0.2, 0.25) is 0 Å². The number of rotatable bonds is 5. The van der Waals surface area contributed by atoms with E-state index in [1.54, 1.807) is 6.26 Å². The second kappa shape index (κ2) is 7.90. The minimum absolute atomic E-state index is 0.204. The Morgan fingerprint density at radius 2 is 2.07 bits per heavy atom. The van der Waals surface area contributed by atoms with Gasteiger partial charge in [-0.2, -0.15) is 0 Å². The van der Waals surface area contributed by atoms with Crippen molar-refractivity contribution in [2.75, 3.05) is 39.8 Å². The van der Waals surface area contributed by atoms with Gasteiger partial charge in [0.05, 0.1) is 5.69 Å². The van der Waals surface area contributed by atoms with E-state index >= 15 is 0 Å². The average molecular weight is 388 g/mol. The molecule has 1 saturated carbocycles. The first-order chi connectivity index (χ1) is 13.2. The van der Waals surface area contributed by atoms with E-state index in [1.165, 1.54) is 18.4 Å². The molecule has 7 heteroatoms. The normalized spacial score (nSPS) is 19.9. The maximum absolute atomic E-state index is 6.19. The molecule has 1 N–H and O–H groups in total. The van der Waals surface area contributed by atoms with E-state index in [9.17, 15) is 0 Å². The van der Waals surface area contributed by atoms with Gasteiger partial charge in [-0.25, -0.2) is 0 Å². The molecular weight excluding hydrogens is 362 g/mol. The third-order valence-corrected chi connectivity index (χ3v) is 5.87. The van der Waals surface area contributed by atoms with Crippen molar-refractivity contribution in [1.82, 2.24) is 20.3 Å². The monoisotopic (exact) mass is 387 g/mol. The van der Waals surface area contributed by atoms with Crippen molar-refractivity contribution in [1.29, 1.82) is 0 Å². The number of nitrogens with zero attached hydrogens (tertiary/aromatic N) is 4. The van der Waals surface area contributed by atoms with Gasteiger partial charge in [0.1, 0.15) is 6.26 Å². The standard InChI is InChI=1S/C20H26ClN5O/c1-22-19(23-15-20(6-7-20)16-3-2-4-17(21)13-16)26-10-8-25(9-11-26)14-18-5-12-27-24-18/h2-5,12-13H,6-11,14-15H2,1H3,(H,22,23). The zero-order valence-corrected chi connectivity index (χ0v) is 16.5. The second-order valence-electron chi connectivity index (χ2n) is 7.45. The first kappa shape index (κ1) is 18.3. The molecule has 1 aliphatic heterocycles. The fourth-order valence-corrected chi connectivity index (χ4v) is 3.97. The average Bonchev–Trinajstić information content (AvgIpc) is 3.31. The van der Waals surface area contributed by atoms with E-state index in [1.807, 2.05) is 25.2 Å². The number of aliphatic imine (C=N–C) groups is 1. The van der Waals surface area contributed by atoms with E-state index in [-0.39, 0.29) is 5.41 Å². The lowest BCUT2D eigenvalue weighted by molar-refractivity contribution is 0.169. The molecule has 0 amide bonds. The molecule has 1 saturated heterocycles. The number of benzene rings is 1. The molecule has 6 nitrogen and oxygen atoms in total. The van der Waals surface area contributed by atoms with E-state index < -0.39 is 0 Å². The molecule has 1 aliphatic carbocycles. The van der Waals surface area contributed by atoms with Crippen molar-refractivity contribution < 1.29 is 4.52 Å². The summed E-state index contributed by atoms with van der Waals surface area (Å²) in [5.41, 5.74) is 2.52. The highest BCUT2D eigenvalue weighted by Gasteiger charge is 2.44. The van der Waals surface area contributed by atoms with Crippen LogP contribution >= 0.6 is 11.6 Å². The summed E-state index contributed by atoms with van der Waals surface area (Å²) in [5.74, 6) is 0.990. The first-order valence-electron chi connectivity index (χ1n) is 9.52. The van der Waals surface area contributed by atoms with E-state index in [0.717, 1.165) is 55.9 Å². The number of hydrogen-bond donors (Lipinski definition) is 1. The Bertz CT molecular complexity index is 779. The number of hydrogen-bond acceptors (Lipinski definition) is 4. The van der Waals surface area contributed by atoms with Gasteiger partial charge in [-0.3, -0.25) is 9.89 Å². The van der Waals surface area contributed by atoms with Gasteiger partial charge >= 0.3 is 0 Å². The van der Waals surface area contributed by atoms with Crippen molar-refractivity contribution >= 4 is 17.6 Å². The summed E-state index contributed by atoms with van der Waals surface area (Å²) in [5, 5.41) is 8.42. The summed E-state index contributed by atoms with van der Waals surface area (Å²) in [7, 11) is 1.86. The van der Waals surface area contributed by atoms with Gasteiger partial charge < -0.3 is 14.7 Å². The molecule has 1 aromatic heterocycles. The molecule has 27 heavy (non-hydrogen) atoms. The number of aromatic nitrogens is 1. The van der Waals surface area contributed by atoms with E-state index in [0.29, 0.717) is 0 Å². The molecule has 144 valence electrons. The molecule has 0 unspecified atom stereocenters. The van der Waals surface area contributed by atoms with Crippen LogP contribution < -0.4 is 5.32 Å². The summed E-state index contributed by atoms with van der Waals surface area (Å²) >= 11 is 6.19. The molecule has 0 spiro atoms. The van der Waals surface area contributed by atoms with Crippen LogP contribution in [0.1, 0.15) is 24.1 Å². The van der Waals surface area contributed by atoms with Crippen molar-refractivity contribution in [3.63, 3.8) is 0 Å². The third kappa shape index (κ3) is 4.28. The Hall–Kier alpha value is -2.05. The lowest BCUT2D eigenvalue weighted by atomic mass is 9.96. The Kier molecular flexibility index (Phi) is 5.36. The number of nitrogens with one attached hydrogen (secondary N) is 1. The van der Waals surface area contributed by atoms with Crippen molar-refractivity contribution in [3.8, 4) is 0 Å². The highest BCUT2D eigenvalue weighted by Crippen LogP contribution is 2.48. The fourth-order valence-electron chi connectivity index (χ4n) is 3.78.